The SMILES string of the molecule is N#Cc1cccc(CN2CCC3=C(C2)C(=O)N(Cc2ccc(Cl)cc2)C2=NCCCN23)c1. The Hall–Kier alpha value is -3.14. The van der Waals surface area contributed by atoms with E-state index in [2.05, 4.69) is 15.9 Å². The van der Waals surface area contributed by atoms with Gasteiger partial charge in [0.05, 0.1) is 23.8 Å². The van der Waals surface area contributed by atoms with Gasteiger partial charge in [0.15, 0.2) is 0 Å². The summed E-state index contributed by atoms with van der Waals surface area (Å²) in [7, 11) is 0. The van der Waals surface area contributed by atoms with Crippen LogP contribution in [0, 0.1) is 11.3 Å². The number of benzene rings is 2. The van der Waals surface area contributed by atoms with E-state index in [0.29, 0.717) is 23.7 Å². The van der Waals surface area contributed by atoms with Crippen molar-refractivity contribution in [1.29, 1.82) is 5.26 Å². The molecule has 6 nitrogen and oxygen atoms in total. The van der Waals surface area contributed by atoms with Crippen LogP contribution in [0.15, 0.2) is 64.8 Å². The van der Waals surface area contributed by atoms with Crippen molar-refractivity contribution in [2.45, 2.75) is 25.9 Å². The highest BCUT2D eigenvalue weighted by Gasteiger charge is 2.40. The molecule has 0 saturated carbocycles. The van der Waals surface area contributed by atoms with Crippen molar-refractivity contribution in [2.75, 3.05) is 26.2 Å². The molecule has 3 aliphatic rings. The quantitative estimate of drug-likeness (QED) is 0.718. The van der Waals surface area contributed by atoms with Crippen molar-refractivity contribution in [2.24, 2.45) is 4.99 Å². The lowest BCUT2D eigenvalue weighted by Crippen LogP contribution is -2.56. The molecule has 3 heterocycles. The normalized spacial score (nSPS) is 18.8. The van der Waals surface area contributed by atoms with Gasteiger partial charge in [0.2, 0.25) is 5.96 Å². The predicted molar refractivity (Wildman–Crippen MR) is 124 cm³/mol. The van der Waals surface area contributed by atoms with Crippen LogP contribution in [-0.2, 0) is 17.9 Å². The molecule has 7 heteroatoms. The van der Waals surface area contributed by atoms with Crippen LogP contribution >= 0.6 is 11.6 Å². The fourth-order valence-electron chi connectivity index (χ4n) is 4.68. The highest BCUT2D eigenvalue weighted by Crippen LogP contribution is 2.32. The zero-order chi connectivity index (χ0) is 22.1. The van der Waals surface area contributed by atoms with Gasteiger partial charge >= 0.3 is 0 Å². The molecule has 0 bridgehead atoms. The van der Waals surface area contributed by atoms with Crippen molar-refractivity contribution in [3.05, 3.63) is 81.5 Å². The maximum Gasteiger partial charge on any atom is 0.259 e. The second-order valence-electron chi connectivity index (χ2n) is 8.40. The summed E-state index contributed by atoms with van der Waals surface area (Å²) >= 11 is 6.04. The Morgan fingerprint density at radius 3 is 2.72 bits per heavy atom. The van der Waals surface area contributed by atoms with Crippen LogP contribution in [0.1, 0.15) is 29.5 Å². The molecule has 3 aliphatic heterocycles. The van der Waals surface area contributed by atoms with Crippen molar-refractivity contribution in [3.63, 3.8) is 0 Å². The maximum atomic E-state index is 13.6. The molecular weight excluding hydrogens is 422 g/mol. The molecule has 0 fully saturated rings. The molecule has 32 heavy (non-hydrogen) atoms. The van der Waals surface area contributed by atoms with E-state index in [1.165, 1.54) is 0 Å². The average molecular weight is 446 g/mol. The largest absolute Gasteiger partial charge is 0.315 e. The molecule has 0 saturated heterocycles. The standard InChI is InChI=1S/C25H24ClN5O/c26-21-7-5-18(6-8-21)16-31-24(32)22-17-29(15-20-4-1-3-19(13-20)14-27)12-9-23(22)30-11-2-10-28-25(30)31/h1,3-8,13H,2,9-12,15-17H2. The molecule has 2 aromatic rings. The molecule has 0 N–H and O–H groups in total. The van der Waals surface area contributed by atoms with Crippen molar-refractivity contribution >= 4 is 23.5 Å². The number of amides is 1. The fraction of sp³-hybridized carbons (Fsp3) is 0.320. The number of aliphatic imine (C=N–C) groups is 1. The minimum absolute atomic E-state index is 0.0438. The van der Waals surface area contributed by atoms with Crippen molar-refractivity contribution < 1.29 is 4.79 Å². The summed E-state index contributed by atoms with van der Waals surface area (Å²) in [5.74, 6) is 0.826. The maximum absolute atomic E-state index is 13.6. The summed E-state index contributed by atoms with van der Waals surface area (Å²) in [5, 5.41) is 9.87. The van der Waals surface area contributed by atoms with E-state index < -0.39 is 0 Å². The van der Waals surface area contributed by atoms with E-state index in [0.717, 1.165) is 67.4 Å². The fourth-order valence-corrected chi connectivity index (χ4v) is 4.80. The number of hydrogen-bond acceptors (Lipinski definition) is 5. The minimum Gasteiger partial charge on any atom is -0.315 e. The van der Waals surface area contributed by atoms with Crippen LogP contribution < -0.4 is 0 Å². The van der Waals surface area contributed by atoms with Crippen LogP contribution in [0.2, 0.25) is 5.02 Å². The van der Waals surface area contributed by atoms with E-state index in [1.807, 2.05) is 53.4 Å². The van der Waals surface area contributed by atoms with Crippen LogP contribution in [0.5, 0.6) is 0 Å². The van der Waals surface area contributed by atoms with Gasteiger partial charge in [0.1, 0.15) is 0 Å². The van der Waals surface area contributed by atoms with Gasteiger partial charge in [-0.05, 0) is 41.8 Å². The molecule has 0 aromatic heterocycles. The average Bonchev–Trinajstić information content (AvgIpc) is 2.83. The van der Waals surface area contributed by atoms with E-state index >= 15 is 0 Å². The predicted octanol–water partition coefficient (Wildman–Crippen LogP) is 3.78. The third-order valence-electron chi connectivity index (χ3n) is 6.22. The van der Waals surface area contributed by atoms with Gasteiger partial charge in [-0.25, -0.2) is 0 Å². The molecule has 1 amide bonds. The Balaban J connectivity index is 1.41. The number of nitriles is 1. The molecule has 0 atom stereocenters. The number of hydrogen-bond donors (Lipinski definition) is 0. The van der Waals surface area contributed by atoms with Crippen LogP contribution in [0.4, 0.5) is 0 Å². The Labute approximate surface area is 193 Å². The smallest absolute Gasteiger partial charge is 0.259 e. The number of nitrogens with zero attached hydrogens (tertiary/aromatic N) is 5. The number of carbonyl (C=O) groups is 1. The third-order valence-corrected chi connectivity index (χ3v) is 6.47. The third kappa shape index (κ3) is 4.02. The van der Waals surface area contributed by atoms with E-state index in [-0.39, 0.29) is 5.91 Å². The lowest BCUT2D eigenvalue weighted by Gasteiger charge is -2.45. The Morgan fingerprint density at radius 2 is 1.91 bits per heavy atom. The van der Waals surface area contributed by atoms with Gasteiger partial charge in [0.25, 0.3) is 5.91 Å². The first-order chi connectivity index (χ1) is 15.6. The molecule has 2 aromatic carbocycles. The number of carbonyl (C=O) groups excluding carboxylic acids is 1. The Morgan fingerprint density at radius 1 is 1.06 bits per heavy atom. The van der Waals surface area contributed by atoms with Crippen molar-refractivity contribution in [3.8, 4) is 6.07 Å². The van der Waals surface area contributed by atoms with Gasteiger partial charge in [-0.3, -0.25) is 19.6 Å². The highest BCUT2D eigenvalue weighted by atomic mass is 35.5. The number of guanidine groups is 1. The summed E-state index contributed by atoms with van der Waals surface area (Å²) in [4.78, 5) is 24.8. The van der Waals surface area contributed by atoms with Gasteiger partial charge in [-0.15, -0.1) is 0 Å². The van der Waals surface area contributed by atoms with Gasteiger partial charge < -0.3 is 4.90 Å². The molecule has 0 radical (unpaired) electrons. The number of fused-ring (bicyclic) bond motifs is 2. The topological polar surface area (TPSA) is 62.9 Å². The Kier molecular flexibility index (Phi) is 5.69. The van der Waals surface area contributed by atoms with E-state index in [9.17, 15) is 10.1 Å². The zero-order valence-corrected chi connectivity index (χ0v) is 18.6. The molecule has 5 rings (SSSR count). The van der Waals surface area contributed by atoms with Crippen molar-refractivity contribution in [1.82, 2.24) is 14.7 Å². The molecule has 0 spiro atoms. The van der Waals surface area contributed by atoms with Gasteiger partial charge in [-0.2, -0.15) is 5.26 Å². The monoisotopic (exact) mass is 445 g/mol. The Bertz CT molecular complexity index is 1150. The molecule has 0 aliphatic carbocycles. The van der Waals surface area contributed by atoms with Crippen LogP contribution in [-0.4, -0.2) is 52.7 Å². The minimum atomic E-state index is 0.0438. The van der Waals surface area contributed by atoms with Gasteiger partial charge in [0, 0.05) is 49.9 Å². The van der Waals surface area contributed by atoms with Gasteiger partial charge in [-0.1, -0.05) is 35.9 Å². The van der Waals surface area contributed by atoms with Crippen LogP contribution in [0.3, 0.4) is 0 Å². The number of rotatable bonds is 4. The van der Waals surface area contributed by atoms with E-state index in [4.69, 9.17) is 16.6 Å². The number of halogens is 1. The highest BCUT2D eigenvalue weighted by molar-refractivity contribution is 6.30. The summed E-state index contributed by atoms with van der Waals surface area (Å²) in [6.07, 6.45) is 1.82. The zero-order valence-electron chi connectivity index (χ0n) is 17.8. The van der Waals surface area contributed by atoms with E-state index in [1.54, 1.807) is 0 Å². The molecule has 162 valence electrons. The summed E-state index contributed by atoms with van der Waals surface area (Å²) in [6.45, 7) is 4.33. The first-order valence-electron chi connectivity index (χ1n) is 10.9. The summed E-state index contributed by atoms with van der Waals surface area (Å²) in [6, 6.07) is 17.5. The molecular formula is C25H24ClN5O. The molecule has 0 unspecified atom stereocenters. The second kappa shape index (κ2) is 8.78. The first-order valence-corrected chi connectivity index (χ1v) is 11.3. The summed E-state index contributed by atoms with van der Waals surface area (Å²) < 4.78 is 0. The lowest BCUT2D eigenvalue weighted by atomic mass is 9.99. The lowest BCUT2D eigenvalue weighted by molar-refractivity contribution is -0.125. The van der Waals surface area contributed by atoms with Crippen LogP contribution in [0.25, 0.3) is 0 Å². The first kappa shape index (κ1) is 20.7. The second-order valence-corrected chi connectivity index (χ2v) is 8.84. The summed E-state index contributed by atoms with van der Waals surface area (Å²) in [5.41, 5.74) is 4.78.